The second kappa shape index (κ2) is 5.56. The van der Waals surface area contributed by atoms with E-state index in [4.69, 9.17) is 11.5 Å². The maximum absolute atomic E-state index is 11.1. The summed E-state index contributed by atoms with van der Waals surface area (Å²) < 4.78 is 0. The number of aliphatic carboxylic acids is 1. The van der Waals surface area contributed by atoms with Crippen LogP contribution >= 0.6 is 0 Å². The van der Waals surface area contributed by atoms with Crippen molar-refractivity contribution in [3.8, 4) is 12.3 Å². The molecular weight excluding hydrogens is 206 g/mol. The zero-order valence-electron chi connectivity index (χ0n) is 8.56. The molecule has 0 bridgehead atoms. The van der Waals surface area contributed by atoms with Crippen molar-refractivity contribution in [1.29, 1.82) is 0 Å². The first-order valence-corrected chi connectivity index (χ1v) is 4.66. The van der Waals surface area contributed by atoms with Gasteiger partial charge in [-0.05, 0) is 17.7 Å². The highest BCUT2D eigenvalue weighted by atomic mass is 16.4. The molecule has 0 saturated carbocycles. The summed E-state index contributed by atoms with van der Waals surface area (Å²) in [5.74, 6) is 1.09. The molecule has 4 heteroatoms. The van der Waals surface area contributed by atoms with Crippen LogP contribution in [0.15, 0.2) is 24.3 Å². The van der Waals surface area contributed by atoms with E-state index < -0.39 is 5.97 Å². The Morgan fingerprint density at radius 2 is 1.94 bits per heavy atom. The summed E-state index contributed by atoms with van der Waals surface area (Å²) in [6.07, 6.45) is 4.98. The molecule has 0 saturated heterocycles. The summed E-state index contributed by atoms with van der Waals surface area (Å²) in [7, 11) is 0. The molecule has 0 radical (unpaired) electrons. The number of anilines is 1. The number of hydrogen-bond donors (Lipinski definition) is 2. The van der Waals surface area contributed by atoms with Crippen LogP contribution in [0, 0.1) is 12.3 Å². The first kappa shape index (κ1) is 11.8. The third kappa shape index (κ3) is 3.84. The van der Waals surface area contributed by atoms with Gasteiger partial charge in [0.2, 0.25) is 5.91 Å². The van der Waals surface area contributed by atoms with Gasteiger partial charge < -0.3 is 10.4 Å². The minimum atomic E-state index is -0.885. The highest BCUT2D eigenvalue weighted by Gasteiger charge is 2.02. The van der Waals surface area contributed by atoms with Gasteiger partial charge in [-0.2, -0.15) is 0 Å². The highest BCUT2D eigenvalue weighted by molar-refractivity contribution is 5.92. The van der Waals surface area contributed by atoms with Crippen LogP contribution in [0.5, 0.6) is 0 Å². The van der Waals surface area contributed by atoms with Crippen LogP contribution in [0.2, 0.25) is 0 Å². The number of carbonyl (C=O) groups excluding carboxylic acids is 1. The lowest BCUT2D eigenvalue weighted by Crippen LogP contribution is -2.10. The maximum Gasteiger partial charge on any atom is 0.307 e. The smallest absolute Gasteiger partial charge is 0.307 e. The lowest BCUT2D eigenvalue weighted by atomic mass is 10.1. The Morgan fingerprint density at radius 3 is 2.44 bits per heavy atom. The first-order valence-electron chi connectivity index (χ1n) is 4.66. The standard InChI is InChI=1S/C12H11NO3/c1-2-3-11(14)13-10-6-4-9(5-7-10)8-12(15)16/h1,4-7H,3,8H2,(H,13,14)(H,15,16). The van der Waals surface area contributed by atoms with Crippen molar-refractivity contribution >= 4 is 17.6 Å². The topological polar surface area (TPSA) is 66.4 Å². The Labute approximate surface area is 93.3 Å². The van der Waals surface area contributed by atoms with Crippen molar-refractivity contribution in [2.45, 2.75) is 12.8 Å². The van der Waals surface area contributed by atoms with Crippen LogP contribution in [0.1, 0.15) is 12.0 Å². The number of carbonyl (C=O) groups is 2. The molecular formula is C12H11NO3. The third-order valence-electron chi connectivity index (χ3n) is 1.86. The van der Waals surface area contributed by atoms with Gasteiger partial charge in [0.05, 0.1) is 12.8 Å². The largest absolute Gasteiger partial charge is 0.481 e. The van der Waals surface area contributed by atoms with Gasteiger partial charge in [0.25, 0.3) is 0 Å². The van der Waals surface area contributed by atoms with Gasteiger partial charge >= 0.3 is 5.97 Å². The fourth-order valence-electron chi connectivity index (χ4n) is 1.18. The number of nitrogens with one attached hydrogen (secondary N) is 1. The molecule has 2 N–H and O–H groups in total. The van der Waals surface area contributed by atoms with Crippen molar-refractivity contribution in [1.82, 2.24) is 0 Å². The van der Waals surface area contributed by atoms with E-state index in [0.29, 0.717) is 11.3 Å². The van der Waals surface area contributed by atoms with Crippen molar-refractivity contribution in [3.63, 3.8) is 0 Å². The van der Waals surface area contributed by atoms with Gasteiger partial charge in [0, 0.05) is 5.69 Å². The minimum absolute atomic E-state index is 0.0247. The van der Waals surface area contributed by atoms with E-state index in [0.717, 1.165) is 0 Å². The van der Waals surface area contributed by atoms with Crippen LogP contribution in [-0.2, 0) is 16.0 Å². The van der Waals surface area contributed by atoms with E-state index >= 15 is 0 Å². The van der Waals surface area contributed by atoms with Gasteiger partial charge in [-0.1, -0.05) is 18.1 Å². The normalized spacial score (nSPS) is 9.19. The molecule has 1 aromatic rings. The van der Waals surface area contributed by atoms with E-state index in [9.17, 15) is 9.59 Å². The molecule has 0 atom stereocenters. The van der Waals surface area contributed by atoms with Gasteiger partial charge in [0.1, 0.15) is 0 Å². The Balaban J connectivity index is 2.61. The van der Waals surface area contributed by atoms with E-state index in [1.54, 1.807) is 24.3 Å². The van der Waals surface area contributed by atoms with Crippen LogP contribution in [0.4, 0.5) is 5.69 Å². The Hall–Kier alpha value is -2.28. The molecule has 1 rings (SSSR count). The molecule has 82 valence electrons. The zero-order chi connectivity index (χ0) is 12.0. The van der Waals surface area contributed by atoms with Gasteiger partial charge in [-0.25, -0.2) is 0 Å². The summed E-state index contributed by atoms with van der Waals surface area (Å²) in [6, 6.07) is 6.60. The molecule has 0 aliphatic heterocycles. The molecule has 0 fully saturated rings. The van der Waals surface area contributed by atoms with E-state index in [2.05, 4.69) is 11.2 Å². The molecule has 0 aromatic heterocycles. The van der Waals surface area contributed by atoms with Crippen molar-refractivity contribution < 1.29 is 14.7 Å². The molecule has 1 aromatic carbocycles. The number of hydrogen-bond acceptors (Lipinski definition) is 2. The number of rotatable bonds is 4. The van der Waals surface area contributed by atoms with Gasteiger partial charge in [-0.15, -0.1) is 6.42 Å². The third-order valence-corrected chi connectivity index (χ3v) is 1.86. The number of carboxylic acids is 1. The lowest BCUT2D eigenvalue weighted by molar-refractivity contribution is -0.136. The molecule has 0 spiro atoms. The van der Waals surface area contributed by atoms with Crippen LogP contribution in [0.3, 0.4) is 0 Å². The summed E-state index contributed by atoms with van der Waals surface area (Å²) in [5.41, 5.74) is 1.29. The Bertz CT molecular complexity index is 429. The number of carboxylic acid groups (broad SMARTS) is 1. The summed E-state index contributed by atoms with van der Waals surface area (Å²) in [5, 5.41) is 11.2. The maximum atomic E-state index is 11.1. The average molecular weight is 217 g/mol. The Morgan fingerprint density at radius 1 is 1.31 bits per heavy atom. The van der Waals surface area contributed by atoms with Crippen LogP contribution < -0.4 is 5.32 Å². The fraction of sp³-hybridized carbons (Fsp3) is 0.167. The van der Waals surface area contributed by atoms with E-state index in [1.807, 2.05) is 0 Å². The molecule has 0 heterocycles. The molecule has 0 unspecified atom stereocenters. The van der Waals surface area contributed by atoms with E-state index in [1.165, 1.54) is 0 Å². The van der Waals surface area contributed by atoms with Crippen molar-refractivity contribution in [2.75, 3.05) is 5.32 Å². The highest BCUT2D eigenvalue weighted by Crippen LogP contribution is 2.10. The molecule has 4 nitrogen and oxygen atoms in total. The second-order valence-electron chi connectivity index (χ2n) is 3.20. The number of terminal acetylenes is 1. The van der Waals surface area contributed by atoms with Crippen molar-refractivity contribution in [2.24, 2.45) is 0 Å². The predicted octanol–water partition coefficient (Wildman–Crippen LogP) is 1.28. The monoisotopic (exact) mass is 217 g/mol. The summed E-state index contributed by atoms with van der Waals surface area (Å²) in [4.78, 5) is 21.6. The van der Waals surface area contributed by atoms with Crippen molar-refractivity contribution in [3.05, 3.63) is 29.8 Å². The first-order chi connectivity index (χ1) is 7.61. The average Bonchev–Trinajstić information content (AvgIpc) is 2.20. The SMILES string of the molecule is C#CCC(=O)Nc1ccc(CC(=O)O)cc1. The molecule has 1 amide bonds. The summed E-state index contributed by atoms with van der Waals surface area (Å²) in [6.45, 7) is 0. The quantitative estimate of drug-likeness (QED) is 0.746. The fourth-order valence-corrected chi connectivity index (χ4v) is 1.18. The molecule has 0 aliphatic carbocycles. The predicted molar refractivity (Wildman–Crippen MR) is 59.9 cm³/mol. The minimum Gasteiger partial charge on any atom is -0.481 e. The lowest BCUT2D eigenvalue weighted by Gasteiger charge is -2.03. The number of benzene rings is 1. The van der Waals surface area contributed by atoms with Crippen LogP contribution in [0.25, 0.3) is 0 Å². The van der Waals surface area contributed by atoms with E-state index in [-0.39, 0.29) is 18.7 Å². The Kier molecular flexibility index (Phi) is 4.10. The number of amides is 1. The molecule has 16 heavy (non-hydrogen) atoms. The van der Waals surface area contributed by atoms with Crippen LogP contribution in [-0.4, -0.2) is 17.0 Å². The summed E-state index contributed by atoms with van der Waals surface area (Å²) >= 11 is 0. The van der Waals surface area contributed by atoms with Gasteiger partial charge in [0.15, 0.2) is 0 Å². The molecule has 0 aliphatic rings. The van der Waals surface area contributed by atoms with Gasteiger partial charge in [-0.3, -0.25) is 9.59 Å². The second-order valence-corrected chi connectivity index (χ2v) is 3.20. The zero-order valence-corrected chi connectivity index (χ0v) is 8.56.